The Hall–Kier alpha value is 0.522. The molecule has 1 radical (unpaired) electrons. The van der Waals surface area contributed by atoms with E-state index in [0.717, 1.165) is 16.9 Å². The number of carbonyl (C=O) groups is 1. The van der Waals surface area contributed by atoms with Gasteiger partial charge in [0.25, 0.3) is 0 Å². The Morgan fingerprint density at radius 3 is 1.80 bits per heavy atom. The summed E-state index contributed by atoms with van der Waals surface area (Å²) in [6, 6.07) is 0. The molecule has 0 spiro atoms. The van der Waals surface area contributed by atoms with Crippen LogP contribution in [0, 0.1) is 0 Å². The van der Waals surface area contributed by atoms with Gasteiger partial charge in [0.1, 0.15) is 0 Å². The quantitative estimate of drug-likeness (QED) is 0.512. The maximum Gasteiger partial charge on any atom is 0 e. The summed E-state index contributed by atoms with van der Waals surface area (Å²) < 4.78 is -0.833. The molecule has 5 heavy (non-hydrogen) atoms. The molecule has 0 rings (SSSR count). The van der Waals surface area contributed by atoms with Crippen molar-refractivity contribution in [1.82, 2.24) is 0 Å². The first-order valence-corrected chi connectivity index (χ1v) is 1.73. The minimum absolute atomic E-state index is 0. The van der Waals surface area contributed by atoms with E-state index in [0.29, 0.717) is 0 Å². The molecule has 0 saturated carbocycles. The normalized spacial score (nSPS) is 5.00. The van der Waals surface area contributed by atoms with Crippen LogP contribution in [-0.4, -0.2) is 26.7 Å². The first-order valence-electron chi connectivity index (χ1n) is 0.678. The predicted octanol–water partition coefficient (Wildman–Crippen LogP) is -0.437. The van der Waals surface area contributed by atoms with E-state index in [-0.39, 0.29) is 16.5 Å². The average molecular weight is 180 g/mol. The van der Waals surface area contributed by atoms with Crippen LogP contribution in [-0.2, 0) is 16.5 Å². The summed E-state index contributed by atoms with van der Waals surface area (Å²) in [6.45, 7) is 0. The van der Waals surface area contributed by atoms with Crippen molar-refractivity contribution in [2.45, 2.75) is 0 Å². The van der Waals surface area contributed by atoms with E-state index in [4.69, 9.17) is 9.90 Å². The zero-order valence-electron chi connectivity index (χ0n) is 2.17. The fourth-order valence-corrected chi connectivity index (χ4v) is 0. The molecule has 0 aromatic rings. The smallest absolute Gasteiger partial charge is 0 e. The molecule has 0 aliphatic rings. The van der Waals surface area contributed by atoms with Gasteiger partial charge >= 0.3 is 31.5 Å². The third-order valence-corrected chi connectivity index (χ3v) is 0. The van der Waals surface area contributed by atoms with E-state index in [1.54, 1.807) is 0 Å². The topological polar surface area (TPSA) is 37.3 Å². The van der Waals surface area contributed by atoms with Crippen molar-refractivity contribution in [3.05, 3.63) is 0 Å². The van der Waals surface area contributed by atoms with Crippen LogP contribution in [0.5, 0.6) is 0 Å². The molecule has 0 amide bonds. The van der Waals surface area contributed by atoms with Crippen molar-refractivity contribution in [3.8, 4) is 0 Å². The zero-order valence-corrected chi connectivity index (χ0v) is 5.26. The Bertz CT molecular complexity index is 32.6. The van der Waals surface area contributed by atoms with Crippen LogP contribution in [0.1, 0.15) is 0 Å². The monoisotopic (exact) mass is 179 g/mol. The van der Waals surface area contributed by atoms with Gasteiger partial charge in [0.15, 0.2) is 0 Å². The summed E-state index contributed by atoms with van der Waals surface area (Å²) in [7, 11) is 0. The molecule has 0 atom stereocenters. The first kappa shape index (κ1) is 9.10. The SMILES string of the molecule is O=C(O)[AsH].[Ni]. The van der Waals surface area contributed by atoms with E-state index in [2.05, 4.69) is 0 Å². The Balaban J connectivity index is 0. The molecule has 0 aliphatic heterocycles. The van der Waals surface area contributed by atoms with Crippen LogP contribution in [0.3, 0.4) is 0 Å². The predicted molar refractivity (Wildman–Crippen MR) is 15.2 cm³/mol. The summed E-state index contributed by atoms with van der Waals surface area (Å²) in [6.07, 6.45) is 0. The maximum atomic E-state index is 9.00. The molecule has 1 N–H and O–H groups in total. The van der Waals surface area contributed by atoms with E-state index in [1.807, 2.05) is 0 Å². The Morgan fingerprint density at radius 2 is 1.80 bits per heavy atom. The summed E-state index contributed by atoms with van der Waals surface area (Å²) >= 11 is 1.08. The molecule has 33 valence electrons. The van der Waals surface area contributed by atoms with E-state index < -0.39 is 4.76 Å². The van der Waals surface area contributed by atoms with Crippen molar-refractivity contribution in [2.75, 3.05) is 0 Å². The standard InChI is InChI=1S/CH2AsO2.Ni/c2-1(3)4;/h2H,(H,3,4);. The molecule has 0 fully saturated rings. The van der Waals surface area contributed by atoms with Crippen LogP contribution >= 0.6 is 0 Å². The van der Waals surface area contributed by atoms with Gasteiger partial charge in [0, 0.05) is 16.5 Å². The first-order chi connectivity index (χ1) is 1.73. The molecule has 2 nitrogen and oxygen atoms in total. The third-order valence-electron chi connectivity index (χ3n) is 0. The van der Waals surface area contributed by atoms with Gasteiger partial charge < -0.3 is 0 Å². The maximum absolute atomic E-state index is 9.00. The van der Waals surface area contributed by atoms with Gasteiger partial charge in [-0.05, 0) is 0 Å². The fraction of sp³-hybridized carbons (Fsp3) is 0. The van der Waals surface area contributed by atoms with Crippen LogP contribution < -0.4 is 0 Å². The molecule has 0 unspecified atom stereocenters. The number of hydrogen-bond donors (Lipinski definition) is 1. The third kappa shape index (κ3) is 106. The van der Waals surface area contributed by atoms with E-state index >= 15 is 0 Å². The average Bonchev–Trinajstić information content (AvgIpc) is 0.811. The van der Waals surface area contributed by atoms with Gasteiger partial charge in [-0.15, -0.1) is 0 Å². The van der Waals surface area contributed by atoms with E-state index in [1.165, 1.54) is 0 Å². The van der Waals surface area contributed by atoms with Gasteiger partial charge in [-0.25, -0.2) is 0 Å². The van der Waals surface area contributed by atoms with Crippen molar-refractivity contribution >= 4 is 21.6 Å². The van der Waals surface area contributed by atoms with Crippen molar-refractivity contribution in [1.29, 1.82) is 0 Å². The van der Waals surface area contributed by atoms with Gasteiger partial charge in [-0.1, -0.05) is 0 Å². The van der Waals surface area contributed by atoms with Crippen molar-refractivity contribution in [3.63, 3.8) is 0 Å². The fourth-order valence-electron chi connectivity index (χ4n) is 0. The Kier molecular flexibility index (Phi) is 8.23. The minimum atomic E-state index is -0.833. The van der Waals surface area contributed by atoms with E-state index in [9.17, 15) is 0 Å². The molecule has 0 saturated heterocycles. The number of rotatable bonds is 0. The summed E-state index contributed by atoms with van der Waals surface area (Å²) in [4.78, 5) is 9.00. The second-order valence-electron chi connectivity index (χ2n) is 0.305. The summed E-state index contributed by atoms with van der Waals surface area (Å²) in [5.41, 5.74) is 0. The summed E-state index contributed by atoms with van der Waals surface area (Å²) in [5, 5.41) is 7.42. The number of hydrogen-bond acceptors (Lipinski definition) is 1. The molecule has 0 aliphatic carbocycles. The van der Waals surface area contributed by atoms with Crippen LogP contribution in [0.15, 0.2) is 0 Å². The second-order valence-corrected chi connectivity index (χ2v) is 1.20. The van der Waals surface area contributed by atoms with Gasteiger partial charge in [-0.3, -0.25) is 0 Å². The molecule has 4 heteroatoms. The van der Waals surface area contributed by atoms with Gasteiger partial charge in [0.05, 0.1) is 0 Å². The molecule has 0 aromatic heterocycles. The molecular formula is CH2AsNiO2. The largest absolute Gasteiger partial charge is 0 e. The number of carboxylic acid groups (broad SMARTS) is 1. The molecule has 0 heterocycles. The van der Waals surface area contributed by atoms with Crippen LogP contribution in [0.4, 0.5) is 4.79 Å². The molecule has 0 bridgehead atoms. The Morgan fingerprint density at radius 1 is 1.80 bits per heavy atom. The van der Waals surface area contributed by atoms with Gasteiger partial charge in [-0.2, -0.15) is 0 Å². The summed E-state index contributed by atoms with van der Waals surface area (Å²) in [5.74, 6) is 0. The zero-order chi connectivity index (χ0) is 3.58. The molecule has 0 aromatic carbocycles. The van der Waals surface area contributed by atoms with Crippen LogP contribution in [0.25, 0.3) is 0 Å². The van der Waals surface area contributed by atoms with Crippen LogP contribution in [0.2, 0.25) is 0 Å². The molecular weight excluding hydrogens is 178 g/mol. The van der Waals surface area contributed by atoms with Crippen molar-refractivity contribution < 1.29 is 26.4 Å². The Labute approximate surface area is 48.4 Å². The minimum Gasteiger partial charge on any atom is 0 e. The van der Waals surface area contributed by atoms with Gasteiger partial charge in [0.2, 0.25) is 0 Å². The van der Waals surface area contributed by atoms with Crippen molar-refractivity contribution in [2.24, 2.45) is 0 Å². The second kappa shape index (κ2) is 4.52.